The average Bonchev–Trinajstić information content (AvgIpc) is 3.47. The monoisotopic (exact) mass is 594 g/mol. The molecule has 1 aromatic carbocycles. The van der Waals surface area contributed by atoms with Crippen LogP contribution in [0.4, 0.5) is 14.5 Å². The maximum Gasteiger partial charge on any atom is 0.312 e. The summed E-state index contributed by atoms with van der Waals surface area (Å²) < 4.78 is 30.2. The third kappa shape index (κ3) is 6.75. The predicted molar refractivity (Wildman–Crippen MR) is 150 cm³/mol. The topological polar surface area (TPSA) is 114 Å². The van der Waals surface area contributed by atoms with Crippen molar-refractivity contribution in [2.45, 2.75) is 43.5 Å². The Balaban J connectivity index is 1.71. The van der Waals surface area contributed by atoms with Crippen molar-refractivity contribution < 1.29 is 23.2 Å². The van der Waals surface area contributed by atoms with Crippen molar-refractivity contribution in [3.8, 4) is 0 Å². The molecule has 15 heteroatoms. The van der Waals surface area contributed by atoms with Gasteiger partial charge in [-0.25, -0.2) is 13.8 Å². The molecular weight excluding hydrogens is 562 g/mol. The highest BCUT2D eigenvalue weighted by atomic mass is 32.2. The van der Waals surface area contributed by atoms with E-state index in [-0.39, 0.29) is 16.3 Å². The van der Waals surface area contributed by atoms with Crippen LogP contribution in [0.2, 0.25) is 0 Å². The first-order chi connectivity index (χ1) is 18.9. The van der Waals surface area contributed by atoms with Gasteiger partial charge in [-0.1, -0.05) is 11.3 Å². The highest BCUT2D eigenvalue weighted by molar-refractivity contribution is 7.97. The molecule has 4 rings (SSSR count). The Bertz CT molecular complexity index is 1310. The van der Waals surface area contributed by atoms with Gasteiger partial charge in [0.25, 0.3) is 6.43 Å². The summed E-state index contributed by atoms with van der Waals surface area (Å²) in [5.41, 5.74) is 2.59. The van der Waals surface area contributed by atoms with Crippen LogP contribution in [0.25, 0.3) is 0 Å². The molecule has 1 N–H and O–H groups in total. The number of amides is 3. The first kappa shape index (κ1) is 29.8. The molecule has 40 heavy (non-hydrogen) atoms. The molecule has 0 unspecified atom stereocenters. The molecule has 2 heterocycles. The fraction of sp³-hybridized carbons (Fsp3) is 0.520. The molecule has 216 valence electrons. The van der Waals surface area contributed by atoms with E-state index in [1.54, 1.807) is 19.0 Å². The van der Waals surface area contributed by atoms with Gasteiger partial charge in [0, 0.05) is 69.0 Å². The van der Waals surface area contributed by atoms with Crippen molar-refractivity contribution in [3.63, 3.8) is 0 Å². The molecule has 2 aromatic rings. The van der Waals surface area contributed by atoms with Gasteiger partial charge in [-0.05, 0) is 56.3 Å². The van der Waals surface area contributed by atoms with Crippen molar-refractivity contribution in [2.75, 3.05) is 52.2 Å². The second-order valence-electron chi connectivity index (χ2n) is 10.2. The molecule has 2 fully saturated rings. The third-order valence-corrected chi connectivity index (χ3v) is 8.76. The first-order valence-corrected chi connectivity index (χ1v) is 14.3. The standard InChI is InChI=1S/C25H32F2N8O3S2/c1-15-17(19(30-33(5)14-36)21-28-29-22(39-21)20(26)27)12-16(40-31-25(2)6-7-25)13-18(15)34-8-10-35(11-9-34)24(38)23(37)32(3)4/h12-14,20,31H,6-11H2,1-5H3/b30-19+. The zero-order chi connectivity index (χ0) is 29.2. The second-order valence-corrected chi connectivity index (χ2v) is 12.1. The van der Waals surface area contributed by atoms with Gasteiger partial charge in [0.05, 0.1) is 0 Å². The van der Waals surface area contributed by atoms with Crippen molar-refractivity contribution >= 4 is 52.9 Å². The Kier molecular flexibility index (Phi) is 9.05. The second kappa shape index (κ2) is 12.1. The van der Waals surface area contributed by atoms with Crippen LogP contribution in [0.3, 0.4) is 0 Å². The molecule has 3 amide bonds. The van der Waals surface area contributed by atoms with Crippen LogP contribution in [-0.2, 0) is 14.4 Å². The minimum atomic E-state index is -2.78. The van der Waals surface area contributed by atoms with Gasteiger partial charge in [-0.2, -0.15) is 5.10 Å². The third-order valence-electron chi connectivity index (χ3n) is 6.76. The van der Waals surface area contributed by atoms with E-state index < -0.39 is 23.2 Å². The number of benzene rings is 1. The molecule has 0 bridgehead atoms. The van der Waals surface area contributed by atoms with E-state index in [0.29, 0.717) is 38.2 Å². The number of carbonyl (C=O) groups is 3. The number of hydrogen-bond donors (Lipinski definition) is 1. The fourth-order valence-electron chi connectivity index (χ4n) is 4.07. The minimum absolute atomic E-state index is 0.0426. The highest BCUT2D eigenvalue weighted by Gasteiger charge is 2.37. The molecule has 1 saturated heterocycles. The molecule has 1 aromatic heterocycles. The Hall–Kier alpha value is -3.17. The van der Waals surface area contributed by atoms with E-state index in [1.807, 2.05) is 19.1 Å². The summed E-state index contributed by atoms with van der Waals surface area (Å²) >= 11 is 2.20. The van der Waals surface area contributed by atoms with Crippen LogP contribution >= 0.6 is 23.3 Å². The molecule has 1 aliphatic carbocycles. The summed E-state index contributed by atoms with van der Waals surface area (Å²) in [5, 5.41) is 12.8. The number of carbonyl (C=O) groups excluding carboxylic acids is 3. The van der Waals surface area contributed by atoms with E-state index in [2.05, 4.69) is 31.8 Å². The van der Waals surface area contributed by atoms with Crippen molar-refractivity contribution in [2.24, 2.45) is 5.10 Å². The number of hydrazone groups is 1. The van der Waals surface area contributed by atoms with E-state index in [1.165, 1.54) is 23.9 Å². The van der Waals surface area contributed by atoms with Gasteiger partial charge in [0.15, 0.2) is 10.0 Å². The number of aromatic nitrogens is 2. The Morgan fingerprint density at radius 2 is 1.85 bits per heavy atom. The molecule has 1 aliphatic heterocycles. The van der Waals surface area contributed by atoms with Gasteiger partial charge in [0.2, 0.25) is 6.41 Å². The summed E-state index contributed by atoms with van der Waals surface area (Å²) in [6.45, 7) is 5.74. The number of halogens is 2. The normalized spacial score (nSPS) is 16.8. The van der Waals surface area contributed by atoms with E-state index in [9.17, 15) is 23.2 Å². The molecule has 0 atom stereocenters. The lowest BCUT2D eigenvalue weighted by atomic mass is 10.0. The average molecular weight is 595 g/mol. The van der Waals surface area contributed by atoms with Crippen LogP contribution < -0.4 is 9.62 Å². The summed E-state index contributed by atoms with van der Waals surface area (Å²) in [6.07, 6.45) is -0.141. The fourth-order valence-corrected chi connectivity index (χ4v) is 5.68. The van der Waals surface area contributed by atoms with Crippen LogP contribution in [0.15, 0.2) is 22.1 Å². The van der Waals surface area contributed by atoms with Gasteiger partial charge in [0.1, 0.15) is 5.71 Å². The Morgan fingerprint density at radius 1 is 1.18 bits per heavy atom. The lowest BCUT2D eigenvalue weighted by Crippen LogP contribution is -2.52. The Labute approximate surface area is 239 Å². The summed E-state index contributed by atoms with van der Waals surface area (Å²) in [4.78, 5) is 42.0. The van der Waals surface area contributed by atoms with Gasteiger partial charge in [-0.3, -0.25) is 19.1 Å². The number of anilines is 1. The predicted octanol–water partition coefficient (Wildman–Crippen LogP) is 2.51. The lowest BCUT2D eigenvalue weighted by Gasteiger charge is -2.37. The SMILES string of the molecule is Cc1c(/C(=N\N(C)C=O)c2nnc(C(F)F)s2)cc(SNC2(C)CC2)cc1N1CCN(C(=O)C(=O)N(C)C)CC1. The number of likely N-dealkylation sites (N-methyl/N-ethyl adjacent to an activating group) is 1. The lowest BCUT2D eigenvalue weighted by molar-refractivity contribution is -0.150. The summed E-state index contributed by atoms with van der Waals surface area (Å²) in [5.74, 6) is -1.10. The number of nitrogens with zero attached hydrogens (tertiary/aromatic N) is 7. The summed E-state index contributed by atoms with van der Waals surface area (Å²) in [7, 11) is 4.55. The van der Waals surface area contributed by atoms with Gasteiger partial charge in [-0.15, -0.1) is 10.2 Å². The molecule has 0 spiro atoms. The molecule has 2 aliphatic rings. The maximum atomic E-state index is 13.4. The van der Waals surface area contributed by atoms with Gasteiger partial charge < -0.3 is 14.7 Å². The molecule has 1 saturated carbocycles. The molecule has 0 radical (unpaired) electrons. The first-order valence-electron chi connectivity index (χ1n) is 12.7. The zero-order valence-corrected chi connectivity index (χ0v) is 24.6. The van der Waals surface area contributed by atoms with E-state index in [0.717, 1.165) is 45.3 Å². The van der Waals surface area contributed by atoms with E-state index >= 15 is 0 Å². The van der Waals surface area contributed by atoms with Crippen LogP contribution in [0, 0.1) is 6.92 Å². The number of nitrogens with one attached hydrogen (secondary N) is 1. The van der Waals surface area contributed by atoms with E-state index in [4.69, 9.17) is 0 Å². The highest BCUT2D eigenvalue weighted by Crippen LogP contribution is 2.39. The smallest absolute Gasteiger partial charge is 0.312 e. The molecular formula is C25H32F2N8O3S2. The minimum Gasteiger partial charge on any atom is -0.368 e. The van der Waals surface area contributed by atoms with Crippen molar-refractivity contribution in [3.05, 3.63) is 33.3 Å². The van der Waals surface area contributed by atoms with Crippen LogP contribution in [-0.4, -0.2) is 102 Å². The van der Waals surface area contributed by atoms with Crippen molar-refractivity contribution in [1.82, 2.24) is 29.7 Å². The Morgan fingerprint density at radius 3 is 2.40 bits per heavy atom. The number of rotatable bonds is 9. The molecule has 11 nitrogen and oxygen atoms in total. The quantitative estimate of drug-likeness (QED) is 0.155. The largest absolute Gasteiger partial charge is 0.368 e. The van der Waals surface area contributed by atoms with Crippen LogP contribution in [0.5, 0.6) is 0 Å². The number of piperazine rings is 1. The van der Waals surface area contributed by atoms with Crippen molar-refractivity contribution in [1.29, 1.82) is 0 Å². The number of alkyl halides is 2. The summed E-state index contributed by atoms with van der Waals surface area (Å²) in [6, 6.07) is 3.94. The van der Waals surface area contributed by atoms with Crippen LogP contribution in [0.1, 0.15) is 47.3 Å². The van der Waals surface area contributed by atoms with Gasteiger partial charge >= 0.3 is 11.8 Å². The zero-order valence-electron chi connectivity index (χ0n) is 23.0. The maximum absolute atomic E-state index is 13.4. The number of hydrogen-bond acceptors (Lipinski definition) is 10.